The van der Waals surface area contributed by atoms with Gasteiger partial charge in [-0.2, -0.15) is 0 Å². The fourth-order valence-corrected chi connectivity index (χ4v) is 5.00. The predicted octanol–water partition coefficient (Wildman–Crippen LogP) is 9.73. The molecule has 37 heavy (non-hydrogen) atoms. The molecule has 5 rings (SSSR count). The molecule has 0 atom stereocenters. The molecule has 0 aliphatic heterocycles. The van der Waals surface area contributed by atoms with Gasteiger partial charge < -0.3 is 9.80 Å². The third kappa shape index (κ3) is 4.83. The molecule has 3 heteroatoms. The minimum absolute atomic E-state index is 0.139. The van der Waals surface area contributed by atoms with E-state index in [1.54, 1.807) is 13.8 Å². The third-order valence-corrected chi connectivity index (χ3v) is 6.68. The summed E-state index contributed by atoms with van der Waals surface area (Å²) in [7, 11) is 0. The number of anilines is 4. The fourth-order valence-electron chi connectivity index (χ4n) is 5.00. The molecule has 1 aliphatic carbocycles. The van der Waals surface area contributed by atoms with E-state index in [0.717, 1.165) is 39.2 Å². The summed E-state index contributed by atoms with van der Waals surface area (Å²) in [6, 6.07) is 31.2. The topological polar surface area (TPSA) is 6.48 Å². The molecule has 0 spiro atoms. The molecule has 0 N–H and O–H groups in total. The van der Waals surface area contributed by atoms with E-state index < -0.39 is 5.67 Å². The third-order valence-electron chi connectivity index (χ3n) is 6.68. The quantitative estimate of drug-likeness (QED) is 0.249. The normalized spacial score (nSPS) is 13.2. The van der Waals surface area contributed by atoms with Gasteiger partial charge in [-0.1, -0.05) is 66.4 Å². The average Bonchev–Trinajstić information content (AvgIpc) is 3.39. The first-order valence-electron chi connectivity index (χ1n) is 12.7. The first-order chi connectivity index (χ1) is 17.6. The Morgan fingerprint density at radius 1 is 0.649 bits per heavy atom. The van der Waals surface area contributed by atoms with Gasteiger partial charge in [0.05, 0.1) is 11.4 Å². The molecule has 0 saturated heterocycles. The molecule has 186 valence electrons. The first-order valence-corrected chi connectivity index (χ1v) is 12.7. The molecule has 0 fully saturated rings. The second-order valence-corrected chi connectivity index (χ2v) is 10.9. The SMILES string of the molecule is CC(C)(F)c1ccc(N(C2=C=CC=C2)c2ccc(N(c3ccccc3)C(C)(C)C)c3ccccc23)cc1. The van der Waals surface area contributed by atoms with Crippen molar-refractivity contribution in [3.8, 4) is 0 Å². The monoisotopic (exact) mass is 488 g/mol. The first kappa shape index (κ1) is 24.6. The van der Waals surface area contributed by atoms with E-state index in [9.17, 15) is 4.39 Å². The van der Waals surface area contributed by atoms with Gasteiger partial charge in [-0.05, 0) is 88.7 Å². The van der Waals surface area contributed by atoms with E-state index >= 15 is 0 Å². The number of allylic oxidation sites excluding steroid dienone is 2. The maximum Gasteiger partial charge on any atom is 0.130 e. The van der Waals surface area contributed by atoms with Gasteiger partial charge in [0.1, 0.15) is 5.67 Å². The van der Waals surface area contributed by atoms with Crippen molar-refractivity contribution in [2.75, 3.05) is 9.80 Å². The van der Waals surface area contributed by atoms with Crippen LogP contribution in [0.5, 0.6) is 0 Å². The van der Waals surface area contributed by atoms with Crippen molar-refractivity contribution in [3.63, 3.8) is 0 Å². The van der Waals surface area contributed by atoms with Crippen LogP contribution < -0.4 is 9.80 Å². The van der Waals surface area contributed by atoms with E-state index in [2.05, 4.69) is 109 Å². The second kappa shape index (κ2) is 9.42. The molecule has 0 unspecified atom stereocenters. The Bertz CT molecular complexity index is 1510. The van der Waals surface area contributed by atoms with Crippen LogP contribution in [0, 0.1) is 0 Å². The highest BCUT2D eigenvalue weighted by Crippen LogP contribution is 2.43. The highest BCUT2D eigenvalue weighted by Gasteiger charge is 2.27. The van der Waals surface area contributed by atoms with Gasteiger partial charge in [0.25, 0.3) is 0 Å². The number of hydrogen-bond donors (Lipinski definition) is 0. The summed E-state index contributed by atoms with van der Waals surface area (Å²) in [5.41, 5.74) is 7.76. The molecular weight excluding hydrogens is 455 g/mol. The zero-order valence-corrected chi connectivity index (χ0v) is 22.2. The number of fused-ring (bicyclic) bond motifs is 1. The molecule has 0 saturated carbocycles. The Labute approximate surface area is 219 Å². The largest absolute Gasteiger partial charge is 0.336 e. The molecule has 0 radical (unpaired) electrons. The van der Waals surface area contributed by atoms with Crippen LogP contribution in [0.15, 0.2) is 121 Å². The molecular formula is C34H33FN2. The summed E-state index contributed by atoms with van der Waals surface area (Å²) in [6.45, 7) is 9.89. The van der Waals surface area contributed by atoms with E-state index in [-0.39, 0.29) is 5.54 Å². The average molecular weight is 489 g/mol. The molecule has 2 nitrogen and oxygen atoms in total. The Balaban J connectivity index is 1.71. The number of benzene rings is 4. The highest BCUT2D eigenvalue weighted by molar-refractivity contribution is 6.05. The summed E-state index contributed by atoms with van der Waals surface area (Å²) >= 11 is 0. The van der Waals surface area contributed by atoms with Gasteiger partial charge in [0.15, 0.2) is 0 Å². The van der Waals surface area contributed by atoms with Gasteiger partial charge in [0, 0.05) is 33.4 Å². The second-order valence-electron chi connectivity index (χ2n) is 10.9. The van der Waals surface area contributed by atoms with Crippen LogP contribution >= 0.6 is 0 Å². The summed E-state index contributed by atoms with van der Waals surface area (Å²) < 4.78 is 14.6. The van der Waals surface area contributed by atoms with Crippen molar-refractivity contribution in [2.24, 2.45) is 0 Å². The van der Waals surface area contributed by atoms with Crippen LogP contribution in [0.2, 0.25) is 0 Å². The van der Waals surface area contributed by atoms with Gasteiger partial charge in [-0.3, -0.25) is 0 Å². The van der Waals surface area contributed by atoms with Gasteiger partial charge in [0.2, 0.25) is 0 Å². The van der Waals surface area contributed by atoms with Crippen LogP contribution in [0.4, 0.5) is 27.1 Å². The van der Waals surface area contributed by atoms with Gasteiger partial charge in [-0.15, -0.1) is 0 Å². The minimum atomic E-state index is -1.39. The Kier molecular flexibility index (Phi) is 6.27. The number of hydrogen-bond acceptors (Lipinski definition) is 2. The zero-order valence-electron chi connectivity index (χ0n) is 22.2. The minimum Gasteiger partial charge on any atom is -0.336 e. The molecule has 0 aromatic heterocycles. The van der Waals surface area contributed by atoms with Crippen molar-refractivity contribution >= 4 is 33.5 Å². The fraction of sp³-hybridized carbons (Fsp3) is 0.206. The number of para-hydroxylation sites is 1. The lowest BCUT2D eigenvalue weighted by Crippen LogP contribution is -2.37. The summed E-state index contributed by atoms with van der Waals surface area (Å²) in [5, 5.41) is 2.30. The Morgan fingerprint density at radius 2 is 1.24 bits per heavy atom. The highest BCUT2D eigenvalue weighted by atomic mass is 19.1. The Hall–Kier alpha value is -4.07. The predicted molar refractivity (Wildman–Crippen MR) is 156 cm³/mol. The van der Waals surface area contributed by atoms with Crippen molar-refractivity contribution in [1.82, 2.24) is 0 Å². The van der Waals surface area contributed by atoms with Crippen LogP contribution in [0.3, 0.4) is 0 Å². The number of rotatable bonds is 6. The van der Waals surface area contributed by atoms with E-state index in [0.29, 0.717) is 5.56 Å². The van der Waals surface area contributed by atoms with Crippen LogP contribution in [-0.2, 0) is 5.67 Å². The molecule has 0 bridgehead atoms. The van der Waals surface area contributed by atoms with Crippen LogP contribution in [0.25, 0.3) is 10.8 Å². The summed E-state index contributed by atoms with van der Waals surface area (Å²) in [5.74, 6) is 0. The van der Waals surface area contributed by atoms with E-state index in [4.69, 9.17) is 0 Å². The van der Waals surface area contributed by atoms with Crippen molar-refractivity contribution in [3.05, 3.63) is 126 Å². The molecule has 1 aliphatic rings. The number of halogens is 1. The van der Waals surface area contributed by atoms with Gasteiger partial charge >= 0.3 is 0 Å². The maximum absolute atomic E-state index is 14.6. The van der Waals surface area contributed by atoms with Crippen molar-refractivity contribution in [1.29, 1.82) is 0 Å². The van der Waals surface area contributed by atoms with Crippen molar-refractivity contribution in [2.45, 2.75) is 45.8 Å². The lowest BCUT2D eigenvalue weighted by atomic mass is 9.98. The molecule has 4 aromatic carbocycles. The lowest BCUT2D eigenvalue weighted by Gasteiger charge is -2.39. The van der Waals surface area contributed by atoms with Crippen molar-refractivity contribution < 1.29 is 4.39 Å². The summed E-state index contributed by atoms with van der Waals surface area (Å²) in [6.07, 6.45) is 5.98. The molecule has 4 aromatic rings. The number of nitrogens with zero attached hydrogens (tertiary/aromatic N) is 2. The van der Waals surface area contributed by atoms with Gasteiger partial charge in [-0.25, -0.2) is 4.39 Å². The maximum atomic E-state index is 14.6. The molecule has 0 amide bonds. The molecule has 0 heterocycles. The van der Waals surface area contributed by atoms with Crippen LogP contribution in [-0.4, -0.2) is 5.54 Å². The van der Waals surface area contributed by atoms with E-state index in [1.807, 2.05) is 36.4 Å². The smallest absolute Gasteiger partial charge is 0.130 e. The Morgan fingerprint density at radius 3 is 1.81 bits per heavy atom. The van der Waals surface area contributed by atoms with E-state index in [1.165, 1.54) is 0 Å². The number of alkyl halides is 1. The van der Waals surface area contributed by atoms with Crippen LogP contribution in [0.1, 0.15) is 40.2 Å². The standard InChI is InChI=1S/C34H33FN2/c1-33(2,3)37(28-15-7-6-8-16-28)32-24-23-31(29-17-11-12-18-30(29)32)36(26-13-9-10-14-26)27-21-19-25(20-22-27)34(4,5)35/h6-13,15-24H,1-5H3. The zero-order chi connectivity index (χ0) is 26.2. The summed E-state index contributed by atoms with van der Waals surface area (Å²) in [4.78, 5) is 4.60. The lowest BCUT2D eigenvalue weighted by molar-refractivity contribution is 0.221.